The number of carbonyl (C=O) groups excluding carboxylic acids is 3. The molecule has 1 unspecified atom stereocenters. The molecular weight excluding hydrogens is 509 g/mol. The topological polar surface area (TPSA) is 69.7 Å². The molecule has 3 aromatic rings. The van der Waals surface area contributed by atoms with Crippen LogP contribution in [0.15, 0.2) is 54.6 Å². The van der Waals surface area contributed by atoms with Gasteiger partial charge in [0.25, 0.3) is 5.91 Å². The molecule has 194 valence electrons. The van der Waals surface area contributed by atoms with Gasteiger partial charge in [0, 0.05) is 46.5 Å². The second-order valence-corrected chi connectivity index (χ2v) is 10.4. The summed E-state index contributed by atoms with van der Waals surface area (Å²) in [6.45, 7) is 6.25. The van der Waals surface area contributed by atoms with E-state index < -0.39 is 6.04 Å². The Bertz CT molecular complexity index is 1340. The molecule has 0 spiro atoms. The highest BCUT2D eigenvalue weighted by atomic mass is 35.5. The van der Waals surface area contributed by atoms with Crippen LogP contribution >= 0.6 is 23.2 Å². The van der Waals surface area contributed by atoms with Crippen molar-refractivity contribution in [2.75, 3.05) is 11.4 Å². The molecule has 1 atom stereocenters. The van der Waals surface area contributed by atoms with E-state index in [0.717, 1.165) is 16.5 Å². The summed E-state index contributed by atoms with van der Waals surface area (Å²) < 4.78 is 0. The summed E-state index contributed by atoms with van der Waals surface area (Å²) in [7, 11) is 0. The van der Waals surface area contributed by atoms with E-state index >= 15 is 0 Å². The lowest BCUT2D eigenvalue weighted by Gasteiger charge is -2.31. The molecule has 37 heavy (non-hydrogen) atoms. The molecule has 3 amide bonds. The van der Waals surface area contributed by atoms with Crippen molar-refractivity contribution in [1.29, 1.82) is 0 Å². The van der Waals surface area contributed by atoms with Crippen molar-refractivity contribution < 1.29 is 14.4 Å². The Hall–Kier alpha value is -3.09. The van der Waals surface area contributed by atoms with E-state index in [-0.39, 0.29) is 36.7 Å². The van der Waals surface area contributed by atoms with Gasteiger partial charge in [-0.2, -0.15) is 0 Å². The number of rotatable bonds is 10. The maximum atomic E-state index is 13.6. The lowest BCUT2D eigenvalue weighted by molar-refractivity contribution is -0.141. The summed E-state index contributed by atoms with van der Waals surface area (Å²) in [5, 5.41) is 5.85. The molecule has 0 fully saturated rings. The van der Waals surface area contributed by atoms with Gasteiger partial charge in [-0.3, -0.25) is 14.4 Å². The van der Waals surface area contributed by atoms with Crippen LogP contribution in [0.2, 0.25) is 10.0 Å². The Morgan fingerprint density at radius 3 is 2.46 bits per heavy atom. The minimum atomic E-state index is -0.645. The molecular formula is C29H31Cl2N3O3. The van der Waals surface area contributed by atoms with Gasteiger partial charge in [0.2, 0.25) is 11.8 Å². The largest absolute Gasteiger partial charge is 0.352 e. The zero-order valence-electron chi connectivity index (χ0n) is 21.3. The first-order chi connectivity index (χ1) is 17.7. The van der Waals surface area contributed by atoms with Crippen molar-refractivity contribution in [3.05, 3.63) is 75.8 Å². The molecule has 1 aliphatic rings. The highest BCUT2D eigenvalue weighted by Gasteiger charge is 2.31. The average molecular weight is 540 g/mol. The smallest absolute Gasteiger partial charge is 0.258 e. The van der Waals surface area contributed by atoms with E-state index in [1.54, 1.807) is 28.0 Å². The number of anilines is 1. The number of hydrogen-bond acceptors (Lipinski definition) is 3. The van der Waals surface area contributed by atoms with Crippen LogP contribution in [0.5, 0.6) is 0 Å². The maximum Gasteiger partial charge on any atom is 0.258 e. The van der Waals surface area contributed by atoms with Gasteiger partial charge < -0.3 is 15.1 Å². The first-order valence-electron chi connectivity index (χ1n) is 12.6. The van der Waals surface area contributed by atoms with Gasteiger partial charge >= 0.3 is 0 Å². The van der Waals surface area contributed by atoms with Crippen LogP contribution in [-0.4, -0.2) is 41.2 Å². The Balaban J connectivity index is 1.51. The molecule has 0 aromatic heterocycles. The lowest BCUT2D eigenvalue weighted by Crippen LogP contribution is -2.50. The Morgan fingerprint density at radius 2 is 1.78 bits per heavy atom. The summed E-state index contributed by atoms with van der Waals surface area (Å²) in [5.74, 6) is -0.418. The van der Waals surface area contributed by atoms with Gasteiger partial charge in [0.1, 0.15) is 6.04 Å². The number of amides is 3. The van der Waals surface area contributed by atoms with Gasteiger partial charge in [0.15, 0.2) is 0 Å². The first kappa shape index (κ1) is 27.0. The monoisotopic (exact) mass is 539 g/mol. The van der Waals surface area contributed by atoms with Gasteiger partial charge in [0.05, 0.1) is 5.69 Å². The molecule has 0 aliphatic carbocycles. The van der Waals surface area contributed by atoms with Gasteiger partial charge in [-0.1, -0.05) is 60.5 Å². The third-order valence-corrected chi connectivity index (χ3v) is 7.18. The van der Waals surface area contributed by atoms with Crippen molar-refractivity contribution in [3.63, 3.8) is 0 Å². The lowest BCUT2D eigenvalue weighted by atomic mass is 10.1. The van der Waals surface area contributed by atoms with Gasteiger partial charge in [-0.15, -0.1) is 0 Å². The molecule has 4 rings (SSSR count). The Morgan fingerprint density at radius 1 is 1.05 bits per heavy atom. The number of benzene rings is 3. The van der Waals surface area contributed by atoms with E-state index in [0.29, 0.717) is 40.6 Å². The van der Waals surface area contributed by atoms with Crippen molar-refractivity contribution >= 4 is 57.4 Å². The van der Waals surface area contributed by atoms with Crippen molar-refractivity contribution in [3.8, 4) is 0 Å². The normalized spacial score (nSPS) is 13.4. The molecule has 1 N–H and O–H groups in total. The fourth-order valence-electron chi connectivity index (χ4n) is 4.87. The summed E-state index contributed by atoms with van der Waals surface area (Å²) >= 11 is 12.5. The van der Waals surface area contributed by atoms with Crippen LogP contribution < -0.4 is 10.2 Å². The summed E-state index contributed by atoms with van der Waals surface area (Å²) in [6.07, 6.45) is 1.10. The molecule has 3 aromatic carbocycles. The number of halogens is 2. The molecule has 0 saturated carbocycles. The number of carbonyl (C=O) groups is 3. The third-order valence-electron chi connectivity index (χ3n) is 6.59. The van der Waals surface area contributed by atoms with E-state index in [4.69, 9.17) is 23.2 Å². The van der Waals surface area contributed by atoms with Crippen LogP contribution in [0, 0.1) is 0 Å². The number of nitrogens with zero attached hydrogens (tertiary/aromatic N) is 2. The fraction of sp³-hybridized carbons (Fsp3) is 0.345. The summed E-state index contributed by atoms with van der Waals surface area (Å²) in [5.41, 5.74) is 2.28. The maximum absolute atomic E-state index is 13.6. The zero-order valence-corrected chi connectivity index (χ0v) is 22.8. The van der Waals surface area contributed by atoms with Crippen molar-refractivity contribution in [2.24, 2.45) is 0 Å². The van der Waals surface area contributed by atoms with Crippen LogP contribution in [0.4, 0.5) is 5.69 Å². The minimum Gasteiger partial charge on any atom is -0.352 e. The molecule has 0 radical (unpaired) electrons. The van der Waals surface area contributed by atoms with Crippen LogP contribution in [0.25, 0.3) is 10.8 Å². The van der Waals surface area contributed by atoms with E-state index in [1.165, 1.54) is 0 Å². The van der Waals surface area contributed by atoms with E-state index in [2.05, 4.69) is 5.32 Å². The highest BCUT2D eigenvalue weighted by molar-refractivity contribution is 6.35. The van der Waals surface area contributed by atoms with Gasteiger partial charge in [-0.05, 0) is 61.9 Å². The predicted octanol–water partition coefficient (Wildman–Crippen LogP) is 6.22. The fourth-order valence-corrected chi connectivity index (χ4v) is 5.34. The van der Waals surface area contributed by atoms with Crippen LogP contribution in [0.3, 0.4) is 0 Å². The molecule has 1 aliphatic heterocycles. The number of nitrogens with one attached hydrogen (secondary N) is 1. The number of hydrogen-bond donors (Lipinski definition) is 1. The van der Waals surface area contributed by atoms with E-state index in [9.17, 15) is 14.4 Å². The molecule has 1 heterocycles. The SMILES string of the molecule is CCC(C(=O)NC(C)C)N(Cc1ccc(Cl)cc1Cl)C(=O)CCCN1C(=O)c2cccc3cccc1c23. The van der Waals surface area contributed by atoms with Crippen molar-refractivity contribution in [2.45, 2.75) is 58.7 Å². The standard InChI is InChI=1S/C29H31Cl2N3O3/c1-4-24(28(36)32-18(2)3)34(17-20-13-14-21(30)16-23(20)31)26(35)12-7-15-33-25-11-6-9-19-8-5-10-22(27(19)25)29(33)37/h5-6,8-11,13-14,16,18,24H,4,7,12,15,17H2,1-3H3,(H,32,36). The van der Waals surface area contributed by atoms with E-state index in [1.807, 2.05) is 57.2 Å². The third kappa shape index (κ3) is 5.76. The summed E-state index contributed by atoms with van der Waals surface area (Å²) in [6, 6.07) is 16.0. The molecule has 0 bridgehead atoms. The molecule has 8 heteroatoms. The molecule has 0 saturated heterocycles. The Labute approximate surface area is 227 Å². The minimum absolute atomic E-state index is 0.0493. The first-order valence-corrected chi connectivity index (χ1v) is 13.3. The van der Waals surface area contributed by atoms with Crippen LogP contribution in [0.1, 0.15) is 56.0 Å². The second-order valence-electron chi connectivity index (χ2n) is 9.59. The van der Waals surface area contributed by atoms with Gasteiger partial charge in [-0.25, -0.2) is 0 Å². The zero-order chi connectivity index (χ0) is 26.7. The van der Waals surface area contributed by atoms with Crippen molar-refractivity contribution in [1.82, 2.24) is 10.2 Å². The Kier molecular flexibility index (Phi) is 8.40. The predicted molar refractivity (Wildman–Crippen MR) is 149 cm³/mol. The molecule has 6 nitrogen and oxygen atoms in total. The highest BCUT2D eigenvalue weighted by Crippen LogP contribution is 2.37. The second kappa shape index (κ2) is 11.5. The summed E-state index contributed by atoms with van der Waals surface area (Å²) in [4.78, 5) is 43.0. The average Bonchev–Trinajstić information content (AvgIpc) is 3.12. The van der Waals surface area contributed by atoms with Crippen LogP contribution in [-0.2, 0) is 16.1 Å². The quantitative estimate of drug-likeness (QED) is 0.332.